The molecule has 8 heteroatoms. The van der Waals surface area contributed by atoms with Crippen molar-refractivity contribution in [3.05, 3.63) is 49.9 Å². The molecule has 4 rings (SSSR count). The van der Waals surface area contributed by atoms with Crippen LogP contribution in [0.3, 0.4) is 0 Å². The van der Waals surface area contributed by atoms with Crippen molar-refractivity contribution in [1.82, 2.24) is 14.9 Å². The number of aromatic nitrogens is 2. The Morgan fingerprint density at radius 1 is 1.24 bits per heavy atom. The Balaban J connectivity index is 1.49. The summed E-state index contributed by atoms with van der Waals surface area (Å²) in [5.74, 6) is 0.889. The highest BCUT2D eigenvalue weighted by Crippen LogP contribution is 2.32. The molecule has 2 aliphatic heterocycles. The van der Waals surface area contributed by atoms with E-state index in [1.807, 2.05) is 19.9 Å². The highest BCUT2D eigenvalue weighted by molar-refractivity contribution is 6.31. The molecule has 0 bridgehead atoms. The standard InChI is InChI=1S/C21H28ClN5O2/c1-13-14(2)20(23)16(9-17(13)22)12-26-4-3-15(11-26)18-10-19(28)25-21(24-18)27-5-7-29-8-6-27/h9-10,15H,3-8,11-12,23H2,1-2H3,(H,24,25,28). The van der Waals surface area contributed by atoms with E-state index in [-0.39, 0.29) is 11.5 Å². The van der Waals surface area contributed by atoms with E-state index in [0.717, 1.165) is 72.2 Å². The number of ether oxygens (including phenoxy) is 1. The predicted octanol–water partition coefficient (Wildman–Crippen LogP) is 2.45. The van der Waals surface area contributed by atoms with E-state index in [2.05, 4.69) is 14.8 Å². The fourth-order valence-electron chi connectivity index (χ4n) is 4.15. The number of rotatable bonds is 4. The molecule has 7 nitrogen and oxygen atoms in total. The van der Waals surface area contributed by atoms with Crippen LogP contribution >= 0.6 is 11.6 Å². The lowest BCUT2D eigenvalue weighted by molar-refractivity contribution is 0.122. The maximum Gasteiger partial charge on any atom is 0.252 e. The smallest absolute Gasteiger partial charge is 0.252 e. The van der Waals surface area contributed by atoms with Crippen molar-refractivity contribution in [2.45, 2.75) is 32.7 Å². The van der Waals surface area contributed by atoms with Crippen LogP contribution in [0.4, 0.5) is 11.6 Å². The van der Waals surface area contributed by atoms with Crippen molar-refractivity contribution < 1.29 is 4.74 Å². The van der Waals surface area contributed by atoms with Gasteiger partial charge in [-0.25, -0.2) is 4.98 Å². The molecular formula is C21H28ClN5O2. The molecule has 1 atom stereocenters. The number of nitrogens with zero attached hydrogens (tertiary/aromatic N) is 3. The first-order valence-corrected chi connectivity index (χ1v) is 10.5. The number of anilines is 2. The number of nitrogens with one attached hydrogen (secondary N) is 1. The largest absolute Gasteiger partial charge is 0.398 e. The van der Waals surface area contributed by atoms with E-state index in [4.69, 9.17) is 27.1 Å². The van der Waals surface area contributed by atoms with Gasteiger partial charge < -0.3 is 15.4 Å². The zero-order valence-electron chi connectivity index (χ0n) is 17.0. The van der Waals surface area contributed by atoms with E-state index < -0.39 is 0 Å². The van der Waals surface area contributed by atoms with Crippen LogP contribution < -0.4 is 16.2 Å². The maximum absolute atomic E-state index is 12.2. The summed E-state index contributed by atoms with van der Waals surface area (Å²) in [5.41, 5.74) is 11.1. The van der Waals surface area contributed by atoms with E-state index in [9.17, 15) is 4.79 Å². The van der Waals surface area contributed by atoms with Gasteiger partial charge in [0.1, 0.15) is 0 Å². The number of likely N-dealkylation sites (tertiary alicyclic amines) is 1. The molecule has 1 unspecified atom stereocenters. The normalized spacial score (nSPS) is 20.4. The van der Waals surface area contributed by atoms with Crippen molar-refractivity contribution in [2.24, 2.45) is 0 Å². The Hall–Kier alpha value is -2.09. The highest BCUT2D eigenvalue weighted by atomic mass is 35.5. The minimum Gasteiger partial charge on any atom is -0.398 e. The Morgan fingerprint density at radius 2 is 2.00 bits per heavy atom. The van der Waals surface area contributed by atoms with Gasteiger partial charge in [-0.15, -0.1) is 0 Å². The summed E-state index contributed by atoms with van der Waals surface area (Å²) in [5, 5.41) is 0.758. The summed E-state index contributed by atoms with van der Waals surface area (Å²) in [7, 11) is 0. The van der Waals surface area contributed by atoms with Gasteiger partial charge >= 0.3 is 0 Å². The summed E-state index contributed by atoms with van der Waals surface area (Å²) in [4.78, 5) is 24.3. The number of benzene rings is 1. The van der Waals surface area contributed by atoms with Crippen LogP contribution in [0.2, 0.25) is 5.02 Å². The summed E-state index contributed by atoms with van der Waals surface area (Å²) in [6, 6.07) is 3.62. The van der Waals surface area contributed by atoms with E-state index in [1.54, 1.807) is 6.07 Å². The molecule has 2 saturated heterocycles. The zero-order valence-corrected chi connectivity index (χ0v) is 17.8. The van der Waals surface area contributed by atoms with Crippen molar-refractivity contribution in [3.8, 4) is 0 Å². The van der Waals surface area contributed by atoms with Gasteiger partial charge in [0, 0.05) is 48.9 Å². The van der Waals surface area contributed by atoms with Crippen LogP contribution in [-0.4, -0.2) is 54.3 Å². The van der Waals surface area contributed by atoms with Crippen LogP contribution in [0, 0.1) is 13.8 Å². The fourth-order valence-corrected chi connectivity index (χ4v) is 4.42. The molecule has 1 aromatic carbocycles. The molecule has 0 amide bonds. The van der Waals surface area contributed by atoms with Crippen LogP contribution in [0.15, 0.2) is 16.9 Å². The van der Waals surface area contributed by atoms with Gasteiger partial charge in [-0.05, 0) is 49.6 Å². The van der Waals surface area contributed by atoms with Gasteiger partial charge in [-0.3, -0.25) is 14.7 Å². The lowest BCUT2D eigenvalue weighted by Gasteiger charge is -2.27. The second kappa shape index (κ2) is 8.34. The molecular weight excluding hydrogens is 390 g/mol. The molecule has 2 aliphatic rings. The average Bonchev–Trinajstić information content (AvgIpc) is 3.19. The van der Waals surface area contributed by atoms with Crippen LogP contribution in [0.5, 0.6) is 0 Å². The number of nitrogens with two attached hydrogens (primary N) is 1. The van der Waals surface area contributed by atoms with Crippen LogP contribution in [0.1, 0.15) is 34.7 Å². The molecule has 3 N–H and O–H groups in total. The van der Waals surface area contributed by atoms with Gasteiger partial charge in [0.15, 0.2) is 0 Å². The molecule has 0 aliphatic carbocycles. The summed E-state index contributed by atoms with van der Waals surface area (Å²) in [6.07, 6.45) is 0.970. The maximum atomic E-state index is 12.2. The van der Waals surface area contributed by atoms with Crippen LogP contribution in [-0.2, 0) is 11.3 Å². The molecule has 2 fully saturated rings. The lowest BCUT2D eigenvalue weighted by Crippen LogP contribution is -2.38. The third-order valence-electron chi connectivity index (χ3n) is 6.12. The van der Waals surface area contributed by atoms with E-state index in [0.29, 0.717) is 19.2 Å². The van der Waals surface area contributed by atoms with Gasteiger partial charge in [-0.1, -0.05) is 11.6 Å². The van der Waals surface area contributed by atoms with Gasteiger partial charge in [0.25, 0.3) is 5.56 Å². The Labute approximate surface area is 175 Å². The van der Waals surface area contributed by atoms with Crippen LogP contribution in [0.25, 0.3) is 0 Å². The minimum absolute atomic E-state index is 0.0971. The third kappa shape index (κ3) is 4.27. The van der Waals surface area contributed by atoms with E-state index >= 15 is 0 Å². The number of H-pyrrole nitrogens is 1. The van der Waals surface area contributed by atoms with Gasteiger partial charge in [0.05, 0.1) is 18.9 Å². The SMILES string of the molecule is Cc1c(Cl)cc(CN2CCC(c3cc(=O)[nH]c(N4CCOCC4)n3)C2)c(N)c1C. The number of nitrogen functional groups attached to an aromatic ring is 1. The quantitative estimate of drug-likeness (QED) is 0.743. The third-order valence-corrected chi connectivity index (χ3v) is 6.51. The number of hydrogen-bond acceptors (Lipinski definition) is 6. The van der Waals surface area contributed by atoms with Crippen molar-refractivity contribution in [2.75, 3.05) is 50.0 Å². The zero-order chi connectivity index (χ0) is 20.5. The van der Waals surface area contributed by atoms with Crippen molar-refractivity contribution in [1.29, 1.82) is 0 Å². The first-order chi connectivity index (χ1) is 13.9. The Bertz CT molecular complexity index is 955. The first-order valence-electron chi connectivity index (χ1n) is 10.1. The number of hydrogen-bond donors (Lipinski definition) is 2. The first kappa shape index (κ1) is 20.2. The van der Waals surface area contributed by atoms with Crippen molar-refractivity contribution in [3.63, 3.8) is 0 Å². The number of aromatic amines is 1. The van der Waals surface area contributed by atoms with Gasteiger partial charge in [0.2, 0.25) is 5.95 Å². The molecule has 0 saturated carbocycles. The Kier molecular flexibility index (Phi) is 5.81. The van der Waals surface area contributed by atoms with Gasteiger partial charge in [-0.2, -0.15) is 0 Å². The second-order valence-electron chi connectivity index (χ2n) is 8.00. The summed E-state index contributed by atoms with van der Waals surface area (Å²) >= 11 is 6.37. The Morgan fingerprint density at radius 3 is 2.76 bits per heavy atom. The molecule has 0 radical (unpaired) electrons. The number of morpholine rings is 1. The molecule has 3 heterocycles. The minimum atomic E-state index is -0.0971. The monoisotopic (exact) mass is 417 g/mol. The predicted molar refractivity (Wildman–Crippen MR) is 116 cm³/mol. The average molecular weight is 418 g/mol. The molecule has 0 spiro atoms. The second-order valence-corrected chi connectivity index (χ2v) is 8.40. The molecule has 29 heavy (non-hydrogen) atoms. The molecule has 156 valence electrons. The van der Waals surface area contributed by atoms with Crippen molar-refractivity contribution >= 4 is 23.2 Å². The molecule has 1 aromatic heterocycles. The molecule has 2 aromatic rings. The number of halogens is 1. The summed E-state index contributed by atoms with van der Waals surface area (Å²) < 4.78 is 5.40. The lowest BCUT2D eigenvalue weighted by atomic mass is 10.0. The topological polar surface area (TPSA) is 87.5 Å². The summed E-state index contributed by atoms with van der Waals surface area (Å²) in [6.45, 7) is 9.36. The fraction of sp³-hybridized carbons (Fsp3) is 0.524. The van der Waals surface area contributed by atoms with E-state index in [1.165, 1.54) is 0 Å². The highest BCUT2D eigenvalue weighted by Gasteiger charge is 2.27.